The van der Waals surface area contributed by atoms with Crippen LogP contribution < -0.4 is 10.6 Å². The van der Waals surface area contributed by atoms with Crippen LogP contribution in [0.4, 0.5) is 10.1 Å². The molecule has 0 spiro atoms. The zero-order chi connectivity index (χ0) is 13.8. The van der Waals surface area contributed by atoms with Crippen molar-refractivity contribution < 1.29 is 4.39 Å². The lowest BCUT2D eigenvalue weighted by molar-refractivity contribution is 0.257. The maximum Gasteiger partial charge on any atom is 0.146 e. The second kappa shape index (κ2) is 6.35. The Bertz CT molecular complexity index is 420. The molecule has 1 aliphatic heterocycles. The van der Waals surface area contributed by atoms with Gasteiger partial charge in [-0.2, -0.15) is 0 Å². The molecule has 0 bridgehead atoms. The average molecular weight is 265 g/mol. The minimum atomic E-state index is -0.120. The first kappa shape index (κ1) is 14.3. The van der Waals surface area contributed by atoms with Gasteiger partial charge in [0.1, 0.15) is 5.82 Å². The van der Waals surface area contributed by atoms with Crippen molar-refractivity contribution in [3.8, 4) is 0 Å². The van der Waals surface area contributed by atoms with Gasteiger partial charge in [-0.25, -0.2) is 4.39 Å². The number of piperidine rings is 1. The number of nitrogens with two attached hydrogens (primary N) is 1. The van der Waals surface area contributed by atoms with E-state index in [0.717, 1.165) is 37.2 Å². The van der Waals surface area contributed by atoms with Crippen LogP contribution in [0.2, 0.25) is 0 Å². The molecular formula is C15H24FN3. The first-order valence-corrected chi connectivity index (χ1v) is 7.02. The smallest absolute Gasteiger partial charge is 0.146 e. The van der Waals surface area contributed by atoms with Crippen LogP contribution in [0.3, 0.4) is 0 Å². The molecule has 2 N–H and O–H groups in total. The first-order chi connectivity index (χ1) is 9.13. The molecule has 4 heteroatoms. The maximum absolute atomic E-state index is 14.2. The third-order valence-corrected chi connectivity index (χ3v) is 3.93. The van der Waals surface area contributed by atoms with E-state index < -0.39 is 0 Å². The number of benzene rings is 1. The van der Waals surface area contributed by atoms with E-state index in [4.69, 9.17) is 5.73 Å². The Balaban J connectivity index is 2.25. The van der Waals surface area contributed by atoms with Gasteiger partial charge in [0.05, 0.1) is 5.69 Å². The molecule has 0 amide bonds. The summed E-state index contributed by atoms with van der Waals surface area (Å²) < 4.78 is 14.2. The van der Waals surface area contributed by atoms with Crippen LogP contribution in [0, 0.1) is 5.82 Å². The van der Waals surface area contributed by atoms with Crippen molar-refractivity contribution in [2.75, 3.05) is 38.6 Å². The highest BCUT2D eigenvalue weighted by Gasteiger charge is 2.24. The topological polar surface area (TPSA) is 32.5 Å². The fraction of sp³-hybridized carbons (Fsp3) is 0.600. The fourth-order valence-electron chi connectivity index (χ4n) is 2.85. The standard InChI is InChI=1S/C15H24FN3/c1-18(2)13-6-4-10-19(11-13)15-12(8-9-17)5-3-7-14(15)16/h3,5,7,13H,4,6,8-11,17H2,1-2H3. The summed E-state index contributed by atoms with van der Waals surface area (Å²) in [6.07, 6.45) is 3.03. The molecular weight excluding hydrogens is 241 g/mol. The van der Waals surface area contributed by atoms with Crippen molar-refractivity contribution in [2.24, 2.45) is 5.73 Å². The molecule has 0 radical (unpaired) electrons. The van der Waals surface area contributed by atoms with E-state index in [9.17, 15) is 4.39 Å². The van der Waals surface area contributed by atoms with E-state index in [1.165, 1.54) is 6.42 Å². The van der Waals surface area contributed by atoms with Gasteiger partial charge in [0.15, 0.2) is 0 Å². The van der Waals surface area contributed by atoms with E-state index in [1.807, 2.05) is 6.07 Å². The SMILES string of the molecule is CN(C)C1CCCN(c2c(F)cccc2CCN)C1. The summed E-state index contributed by atoms with van der Waals surface area (Å²) in [4.78, 5) is 4.42. The molecule has 0 aliphatic carbocycles. The number of likely N-dealkylation sites (N-methyl/N-ethyl adjacent to an activating group) is 1. The number of rotatable bonds is 4. The Hall–Kier alpha value is -1.13. The molecule has 1 heterocycles. The average Bonchev–Trinajstić information content (AvgIpc) is 2.39. The number of hydrogen-bond donors (Lipinski definition) is 1. The summed E-state index contributed by atoms with van der Waals surface area (Å²) in [5, 5.41) is 0. The maximum atomic E-state index is 14.2. The van der Waals surface area contributed by atoms with Gasteiger partial charge < -0.3 is 15.5 Å². The highest BCUT2D eigenvalue weighted by molar-refractivity contribution is 5.55. The van der Waals surface area contributed by atoms with Gasteiger partial charge in [-0.15, -0.1) is 0 Å². The van der Waals surface area contributed by atoms with Crippen molar-refractivity contribution in [1.82, 2.24) is 4.90 Å². The molecule has 19 heavy (non-hydrogen) atoms. The van der Waals surface area contributed by atoms with E-state index in [-0.39, 0.29) is 5.82 Å². The molecule has 3 nitrogen and oxygen atoms in total. The van der Waals surface area contributed by atoms with Crippen molar-refractivity contribution in [3.63, 3.8) is 0 Å². The molecule has 1 saturated heterocycles. The molecule has 1 aliphatic rings. The molecule has 2 rings (SSSR count). The quantitative estimate of drug-likeness (QED) is 0.902. The minimum absolute atomic E-state index is 0.120. The molecule has 1 unspecified atom stereocenters. The molecule has 106 valence electrons. The van der Waals surface area contributed by atoms with Gasteiger partial charge in [-0.05, 0) is 51.5 Å². The summed E-state index contributed by atoms with van der Waals surface area (Å²) in [6, 6.07) is 5.81. The number of para-hydroxylation sites is 1. The van der Waals surface area contributed by atoms with Gasteiger partial charge in [0.2, 0.25) is 0 Å². The lowest BCUT2D eigenvalue weighted by Gasteiger charge is -2.38. The van der Waals surface area contributed by atoms with Crippen molar-refractivity contribution >= 4 is 5.69 Å². The molecule has 0 saturated carbocycles. The van der Waals surface area contributed by atoms with E-state index in [0.29, 0.717) is 12.6 Å². The zero-order valence-corrected chi connectivity index (χ0v) is 11.9. The number of hydrogen-bond acceptors (Lipinski definition) is 3. The summed E-state index contributed by atoms with van der Waals surface area (Å²) in [6.45, 7) is 2.38. The Morgan fingerprint density at radius 1 is 1.42 bits per heavy atom. The van der Waals surface area contributed by atoms with Gasteiger partial charge in [-0.3, -0.25) is 0 Å². The minimum Gasteiger partial charge on any atom is -0.367 e. The molecule has 0 aromatic heterocycles. The monoisotopic (exact) mass is 265 g/mol. The highest BCUT2D eigenvalue weighted by atomic mass is 19.1. The summed E-state index contributed by atoms with van der Waals surface area (Å²) in [5.41, 5.74) is 7.43. The molecule has 1 fully saturated rings. The van der Waals surface area contributed by atoms with E-state index in [2.05, 4.69) is 23.9 Å². The van der Waals surface area contributed by atoms with E-state index in [1.54, 1.807) is 12.1 Å². The number of anilines is 1. The largest absolute Gasteiger partial charge is 0.367 e. The Labute approximate surface area is 115 Å². The van der Waals surface area contributed by atoms with Crippen molar-refractivity contribution in [2.45, 2.75) is 25.3 Å². The van der Waals surface area contributed by atoms with Gasteiger partial charge in [-0.1, -0.05) is 12.1 Å². The van der Waals surface area contributed by atoms with Crippen molar-refractivity contribution in [1.29, 1.82) is 0 Å². The lowest BCUT2D eigenvalue weighted by Crippen LogP contribution is -2.45. The lowest BCUT2D eigenvalue weighted by atomic mass is 10.0. The normalized spacial score (nSPS) is 20.1. The summed E-state index contributed by atoms with van der Waals surface area (Å²) in [7, 11) is 4.19. The second-order valence-corrected chi connectivity index (χ2v) is 5.49. The predicted octanol–water partition coefficient (Wildman–Crippen LogP) is 1.86. The second-order valence-electron chi connectivity index (χ2n) is 5.49. The van der Waals surface area contributed by atoms with Crippen LogP contribution in [0.5, 0.6) is 0 Å². The molecule has 1 atom stereocenters. The van der Waals surface area contributed by atoms with Gasteiger partial charge in [0, 0.05) is 19.1 Å². The summed E-state index contributed by atoms with van der Waals surface area (Å²) in [5.74, 6) is -0.120. The molecule has 1 aromatic rings. The Kier molecular flexibility index (Phi) is 4.77. The van der Waals surface area contributed by atoms with Crippen LogP contribution in [0.25, 0.3) is 0 Å². The van der Waals surface area contributed by atoms with Crippen LogP contribution in [0.15, 0.2) is 18.2 Å². The Morgan fingerprint density at radius 3 is 2.89 bits per heavy atom. The number of halogens is 1. The van der Waals surface area contributed by atoms with Gasteiger partial charge in [0.25, 0.3) is 0 Å². The highest BCUT2D eigenvalue weighted by Crippen LogP contribution is 2.28. The first-order valence-electron chi connectivity index (χ1n) is 7.02. The van der Waals surface area contributed by atoms with Crippen molar-refractivity contribution in [3.05, 3.63) is 29.6 Å². The Morgan fingerprint density at radius 2 is 2.21 bits per heavy atom. The third-order valence-electron chi connectivity index (χ3n) is 3.93. The zero-order valence-electron chi connectivity index (χ0n) is 11.9. The fourth-order valence-corrected chi connectivity index (χ4v) is 2.85. The molecule has 1 aromatic carbocycles. The third kappa shape index (κ3) is 3.25. The predicted molar refractivity (Wildman–Crippen MR) is 78.1 cm³/mol. The van der Waals surface area contributed by atoms with E-state index >= 15 is 0 Å². The van der Waals surface area contributed by atoms with Gasteiger partial charge >= 0.3 is 0 Å². The van der Waals surface area contributed by atoms with Crippen LogP contribution >= 0.6 is 0 Å². The summed E-state index contributed by atoms with van der Waals surface area (Å²) >= 11 is 0. The van der Waals surface area contributed by atoms with Crippen LogP contribution in [-0.2, 0) is 6.42 Å². The number of nitrogens with zero attached hydrogens (tertiary/aromatic N) is 2. The van der Waals surface area contributed by atoms with Crippen LogP contribution in [0.1, 0.15) is 18.4 Å². The van der Waals surface area contributed by atoms with Crippen LogP contribution in [-0.4, -0.2) is 44.7 Å².